The molecule has 2 aromatic rings. The molecule has 0 fully saturated rings. The molecule has 2 rings (SSSR count). The average molecular weight is 501 g/mol. The Labute approximate surface area is 209 Å². The number of carbonyl (C=O) groups excluding carboxylic acids is 3. The highest BCUT2D eigenvalue weighted by Crippen LogP contribution is 2.34. The van der Waals surface area contributed by atoms with Crippen molar-refractivity contribution in [1.82, 2.24) is 0 Å². The van der Waals surface area contributed by atoms with Crippen LogP contribution in [0.2, 0.25) is 0 Å². The number of hydrogen-bond acceptors (Lipinski definition) is 8. The number of ether oxygens (including phenoxy) is 5. The highest BCUT2D eigenvalue weighted by molar-refractivity contribution is 5.89. The quantitative estimate of drug-likeness (QED) is 0.167. The summed E-state index contributed by atoms with van der Waals surface area (Å²) in [4.78, 5) is 34.5. The molecule has 0 N–H and O–H groups in total. The molecule has 0 unspecified atom stereocenters. The zero-order valence-corrected chi connectivity index (χ0v) is 20.6. The van der Waals surface area contributed by atoms with E-state index in [1.54, 1.807) is 31.2 Å². The van der Waals surface area contributed by atoms with Gasteiger partial charge in [0.05, 0.1) is 0 Å². The molecule has 2 aromatic carbocycles. The molecule has 8 nitrogen and oxygen atoms in total. The van der Waals surface area contributed by atoms with Gasteiger partial charge in [0.15, 0.2) is 23.1 Å². The molecular formula is C27H29FO8. The first-order chi connectivity index (χ1) is 17.1. The van der Waals surface area contributed by atoms with E-state index in [9.17, 15) is 18.8 Å². The van der Waals surface area contributed by atoms with Gasteiger partial charge in [0.1, 0.15) is 26.4 Å². The minimum Gasteiger partial charge on any atom is -0.486 e. The van der Waals surface area contributed by atoms with E-state index in [0.29, 0.717) is 22.6 Å². The smallest absolute Gasteiger partial charge is 0.338 e. The summed E-state index contributed by atoms with van der Waals surface area (Å²) in [5.74, 6) is -1.90. The summed E-state index contributed by atoms with van der Waals surface area (Å²) in [5.41, 5.74) is 1.49. The van der Waals surface area contributed by atoms with E-state index in [0.717, 1.165) is 0 Å². The highest BCUT2D eigenvalue weighted by Gasteiger charge is 2.14. The van der Waals surface area contributed by atoms with Crippen LogP contribution in [-0.2, 0) is 23.9 Å². The van der Waals surface area contributed by atoms with Crippen LogP contribution in [0.5, 0.6) is 17.2 Å². The number of hydrogen-bond donors (Lipinski definition) is 0. The predicted molar refractivity (Wildman–Crippen MR) is 130 cm³/mol. The van der Waals surface area contributed by atoms with Gasteiger partial charge in [-0.25, -0.2) is 14.0 Å². The fourth-order valence-corrected chi connectivity index (χ4v) is 2.69. The second kappa shape index (κ2) is 13.7. The van der Waals surface area contributed by atoms with Crippen molar-refractivity contribution >= 4 is 17.9 Å². The third-order valence-corrected chi connectivity index (χ3v) is 4.58. The monoisotopic (exact) mass is 500 g/mol. The second-order valence-electron chi connectivity index (χ2n) is 7.66. The molecule has 0 bridgehead atoms. The lowest BCUT2D eigenvalue weighted by Gasteiger charge is -2.15. The van der Waals surface area contributed by atoms with Crippen molar-refractivity contribution in [3.63, 3.8) is 0 Å². The van der Waals surface area contributed by atoms with Crippen LogP contribution in [0.4, 0.5) is 4.39 Å². The molecule has 0 amide bonds. The molecule has 0 radical (unpaired) electrons. The first kappa shape index (κ1) is 28.1. The van der Waals surface area contributed by atoms with E-state index in [4.69, 9.17) is 23.7 Å². The third-order valence-electron chi connectivity index (χ3n) is 4.58. The molecule has 0 aliphatic carbocycles. The maximum absolute atomic E-state index is 14.6. The normalized spacial score (nSPS) is 10.2. The van der Waals surface area contributed by atoms with Crippen LogP contribution in [0.1, 0.15) is 27.2 Å². The van der Waals surface area contributed by atoms with Crippen LogP contribution in [-0.4, -0.2) is 44.3 Å². The van der Waals surface area contributed by atoms with Gasteiger partial charge in [-0.15, -0.1) is 0 Å². The average Bonchev–Trinajstić information content (AvgIpc) is 2.85. The van der Waals surface area contributed by atoms with Gasteiger partial charge in [-0.2, -0.15) is 0 Å². The van der Waals surface area contributed by atoms with Gasteiger partial charge < -0.3 is 23.7 Å². The summed E-state index contributed by atoms with van der Waals surface area (Å²) in [5, 5.41) is 0. The lowest BCUT2D eigenvalue weighted by atomic mass is 10.0. The number of carbonyl (C=O) groups is 3. The van der Waals surface area contributed by atoms with E-state index >= 15 is 0 Å². The van der Waals surface area contributed by atoms with Crippen molar-refractivity contribution in [2.24, 2.45) is 0 Å². The van der Waals surface area contributed by atoms with Crippen molar-refractivity contribution in [1.29, 1.82) is 0 Å². The van der Waals surface area contributed by atoms with Crippen LogP contribution in [0.3, 0.4) is 0 Å². The number of esters is 3. The Kier molecular flexibility index (Phi) is 10.7. The fraction of sp³-hybridized carbons (Fsp3) is 0.296. The van der Waals surface area contributed by atoms with Crippen LogP contribution < -0.4 is 14.2 Å². The SMILES string of the molecule is C=C(C)C(=O)OCCOc1cc(-c2ccc(OC(=O)C(=C)C)c(F)c2)ccc1OCCOC(=O)CC. The molecule has 0 aromatic heterocycles. The molecule has 0 aliphatic heterocycles. The summed E-state index contributed by atoms with van der Waals surface area (Å²) in [6.07, 6.45) is 0.258. The minimum atomic E-state index is -0.727. The van der Waals surface area contributed by atoms with Crippen molar-refractivity contribution in [2.75, 3.05) is 26.4 Å². The maximum atomic E-state index is 14.6. The van der Waals surface area contributed by atoms with Gasteiger partial charge in [0, 0.05) is 17.6 Å². The van der Waals surface area contributed by atoms with E-state index in [1.165, 1.54) is 26.0 Å². The summed E-state index contributed by atoms with van der Waals surface area (Å²) in [7, 11) is 0. The standard InChI is InChI=1S/C27H29FO8/c1-6-25(29)34-13-11-32-23-10-8-20(16-24(23)33-12-14-35-26(30)17(2)3)19-7-9-22(21(28)15-19)36-27(31)18(4)5/h7-10,15-16H,2,4,6,11-14H2,1,3,5H3. The van der Waals surface area contributed by atoms with Crippen molar-refractivity contribution in [3.05, 3.63) is 66.5 Å². The number of halogens is 1. The zero-order valence-electron chi connectivity index (χ0n) is 20.6. The second-order valence-corrected chi connectivity index (χ2v) is 7.66. The third kappa shape index (κ3) is 8.57. The molecule has 0 saturated heterocycles. The molecule has 0 atom stereocenters. The minimum absolute atomic E-state index is 0.0216. The van der Waals surface area contributed by atoms with Gasteiger partial charge >= 0.3 is 17.9 Å². The Morgan fingerprint density at radius 2 is 1.31 bits per heavy atom. The molecule has 0 saturated carbocycles. The van der Waals surface area contributed by atoms with E-state index < -0.39 is 17.8 Å². The molecule has 0 aliphatic rings. The molecule has 0 heterocycles. The van der Waals surface area contributed by atoms with E-state index in [-0.39, 0.29) is 55.7 Å². The van der Waals surface area contributed by atoms with Gasteiger partial charge in [-0.1, -0.05) is 32.2 Å². The molecule has 192 valence electrons. The first-order valence-electron chi connectivity index (χ1n) is 11.2. The maximum Gasteiger partial charge on any atom is 0.338 e. The lowest BCUT2D eigenvalue weighted by molar-refractivity contribution is -0.144. The number of benzene rings is 2. The predicted octanol–water partition coefficient (Wildman–Crippen LogP) is 4.80. The van der Waals surface area contributed by atoms with Crippen LogP contribution in [0.15, 0.2) is 60.7 Å². The van der Waals surface area contributed by atoms with Gasteiger partial charge in [-0.05, 0) is 49.2 Å². The summed E-state index contributed by atoms with van der Waals surface area (Å²) in [6, 6.07) is 9.09. The Balaban J connectivity index is 2.19. The van der Waals surface area contributed by atoms with Gasteiger partial charge in [0.2, 0.25) is 0 Å². The molecule has 36 heavy (non-hydrogen) atoms. The number of rotatable bonds is 13. The zero-order chi connectivity index (χ0) is 26.7. The van der Waals surface area contributed by atoms with Crippen molar-refractivity contribution in [3.8, 4) is 28.4 Å². The van der Waals surface area contributed by atoms with Crippen molar-refractivity contribution in [2.45, 2.75) is 27.2 Å². The van der Waals surface area contributed by atoms with E-state index in [1.807, 2.05) is 0 Å². The highest BCUT2D eigenvalue weighted by atomic mass is 19.1. The van der Waals surface area contributed by atoms with Gasteiger partial charge in [-0.3, -0.25) is 4.79 Å². The lowest BCUT2D eigenvalue weighted by Crippen LogP contribution is -2.14. The summed E-state index contributed by atoms with van der Waals surface area (Å²) in [6.45, 7) is 11.8. The molecule has 9 heteroatoms. The Hall–Kier alpha value is -4.14. The molecular weight excluding hydrogens is 471 g/mol. The van der Waals surface area contributed by atoms with Gasteiger partial charge in [0.25, 0.3) is 0 Å². The van der Waals surface area contributed by atoms with Crippen LogP contribution >= 0.6 is 0 Å². The fourth-order valence-electron chi connectivity index (χ4n) is 2.69. The largest absolute Gasteiger partial charge is 0.486 e. The summed E-state index contributed by atoms with van der Waals surface area (Å²) < 4.78 is 41.0. The van der Waals surface area contributed by atoms with E-state index in [2.05, 4.69) is 13.2 Å². The Morgan fingerprint density at radius 1 is 0.750 bits per heavy atom. The topological polar surface area (TPSA) is 97.4 Å². The Morgan fingerprint density at radius 3 is 1.89 bits per heavy atom. The molecule has 0 spiro atoms. The van der Waals surface area contributed by atoms with Crippen LogP contribution in [0, 0.1) is 5.82 Å². The van der Waals surface area contributed by atoms with Crippen LogP contribution in [0.25, 0.3) is 11.1 Å². The Bertz CT molecular complexity index is 1140. The summed E-state index contributed by atoms with van der Waals surface area (Å²) >= 11 is 0. The van der Waals surface area contributed by atoms with Crippen molar-refractivity contribution < 1.29 is 42.5 Å². The first-order valence-corrected chi connectivity index (χ1v) is 11.2.